The van der Waals surface area contributed by atoms with Crippen molar-refractivity contribution in [3.63, 3.8) is 0 Å². The van der Waals surface area contributed by atoms with Crippen LogP contribution in [0.1, 0.15) is 386 Å². The number of esters is 1. The molecule has 0 aromatic carbocycles. The zero-order valence-electron chi connectivity index (χ0n) is 50.4. The molecule has 2 atom stereocenters. The van der Waals surface area contributed by atoms with Crippen molar-refractivity contribution in [1.82, 2.24) is 5.32 Å². The molecule has 0 aromatic heterocycles. The fourth-order valence-corrected chi connectivity index (χ4v) is 10.9. The molecule has 0 radical (unpaired) electrons. The van der Waals surface area contributed by atoms with Gasteiger partial charge in [-0.1, -0.05) is 334 Å². The molecule has 0 aliphatic heterocycles. The Morgan fingerprint density at radius 1 is 0.365 bits per heavy atom. The van der Waals surface area contributed by atoms with Crippen molar-refractivity contribution >= 4 is 11.9 Å². The van der Waals surface area contributed by atoms with Crippen LogP contribution in [0.25, 0.3) is 0 Å². The molecule has 0 aliphatic rings. The Kier molecular flexibility index (Phi) is 62.9. The number of allylic oxidation sites excluding steroid dienone is 2. The van der Waals surface area contributed by atoms with Gasteiger partial charge in [0.15, 0.2) is 0 Å². The Morgan fingerprint density at radius 2 is 0.635 bits per heavy atom. The highest BCUT2D eigenvalue weighted by Gasteiger charge is 2.20. The van der Waals surface area contributed by atoms with Crippen LogP contribution in [0, 0.1) is 0 Å². The molecule has 0 heterocycles. The second kappa shape index (κ2) is 64.1. The van der Waals surface area contributed by atoms with E-state index in [4.69, 9.17) is 4.74 Å². The van der Waals surface area contributed by atoms with E-state index in [1.807, 2.05) is 0 Å². The van der Waals surface area contributed by atoms with Gasteiger partial charge in [-0.15, -0.1) is 0 Å². The van der Waals surface area contributed by atoms with Crippen LogP contribution in [0.4, 0.5) is 0 Å². The standard InChI is InChI=1S/C68H133NO5/c1-3-5-7-9-11-13-15-17-19-33-36-40-44-48-52-56-60-66(71)65(64-70)69-67(72)61-57-53-49-45-41-37-34-30-28-26-24-22-20-21-23-25-27-29-31-35-39-43-47-51-55-59-63-74-68(73)62-58-54-50-46-42-38-32-18-16-14-12-10-8-6-4-2/h20,22,65-66,70-71H,3-19,21,23-64H2,1-2H3,(H,69,72)/b22-20-. The maximum Gasteiger partial charge on any atom is 0.305 e. The number of aliphatic hydroxyl groups excluding tert-OH is 2. The summed E-state index contributed by atoms with van der Waals surface area (Å²) in [6.45, 7) is 4.99. The van der Waals surface area contributed by atoms with Gasteiger partial charge in [0.05, 0.1) is 25.4 Å². The second-order valence-electron chi connectivity index (χ2n) is 23.5. The third kappa shape index (κ3) is 59.8. The van der Waals surface area contributed by atoms with Crippen LogP contribution < -0.4 is 5.32 Å². The molecule has 6 heteroatoms. The van der Waals surface area contributed by atoms with Crippen LogP contribution in [-0.4, -0.2) is 47.4 Å². The van der Waals surface area contributed by atoms with E-state index in [0.29, 0.717) is 25.9 Å². The molecule has 0 bridgehead atoms. The molecule has 0 fully saturated rings. The van der Waals surface area contributed by atoms with Crippen LogP contribution in [0.2, 0.25) is 0 Å². The van der Waals surface area contributed by atoms with E-state index in [1.165, 1.54) is 315 Å². The lowest BCUT2D eigenvalue weighted by Gasteiger charge is -2.22. The first kappa shape index (κ1) is 72.6. The summed E-state index contributed by atoms with van der Waals surface area (Å²) in [5.74, 6) is -0.0153. The number of carbonyl (C=O) groups is 2. The van der Waals surface area contributed by atoms with Gasteiger partial charge in [0.2, 0.25) is 5.91 Å². The number of hydrogen-bond acceptors (Lipinski definition) is 5. The molecule has 0 aromatic rings. The Bertz CT molecular complexity index is 1110. The Labute approximate surface area is 463 Å². The van der Waals surface area contributed by atoms with Crippen LogP contribution in [0.3, 0.4) is 0 Å². The average Bonchev–Trinajstić information content (AvgIpc) is 3.40. The number of aliphatic hydroxyl groups is 2. The molecular formula is C68H133NO5. The molecule has 6 nitrogen and oxygen atoms in total. The summed E-state index contributed by atoms with van der Waals surface area (Å²) in [4.78, 5) is 24.6. The molecule has 2 unspecified atom stereocenters. The lowest BCUT2D eigenvalue weighted by molar-refractivity contribution is -0.143. The van der Waals surface area contributed by atoms with Gasteiger partial charge in [0, 0.05) is 12.8 Å². The molecule has 0 rings (SSSR count). The summed E-state index contributed by atoms with van der Waals surface area (Å²) in [6, 6.07) is -0.542. The minimum absolute atomic E-state index is 0.0181. The lowest BCUT2D eigenvalue weighted by atomic mass is 10.0. The first-order valence-corrected chi connectivity index (χ1v) is 33.9. The van der Waals surface area contributed by atoms with Crippen molar-refractivity contribution in [1.29, 1.82) is 0 Å². The highest BCUT2D eigenvalue weighted by atomic mass is 16.5. The smallest absolute Gasteiger partial charge is 0.305 e. The van der Waals surface area contributed by atoms with Crippen molar-refractivity contribution in [3.05, 3.63) is 12.2 Å². The number of nitrogens with one attached hydrogen (secondary N) is 1. The molecule has 74 heavy (non-hydrogen) atoms. The lowest BCUT2D eigenvalue weighted by Crippen LogP contribution is -2.45. The summed E-state index contributed by atoms with van der Waals surface area (Å²) in [5.41, 5.74) is 0. The predicted molar refractivity (Wildman–Crippen MR) is 324 cm³/mol. The van der Waals surface area contributed by atoms with E-state index in [-0.39, 0.29) is 18.5 Å². The van der Waals surface area contributed by atoms with E-state index in [2.05, 4.69) is 31.3 Å². The van der Waals surface area contributed by atoms with Crippen LogP contribution in [-0.2, 0) is 14.3 Å². The summed E-state index contributed by atoms with van der Waals surface area (Å²) < 4.78 is 5.50. The van der Waals surface area contributed by atoms with E-state index in [9.17, 15) is 19.8 Å². The van der Waals surface area contributed by atoms with Crippen LogP contribution in [0.5, 0.6) is 0 Å². The minimum Gasteiger partial charge on any atom is -0.466 e. The largest absolute Gasteiger partial charge is 0.466 e. The fourth-order valence-electron chi connectivity index (χ4n) is 10.9. The predicted octanol–water partition coefficient (Wildman–Crippen LogP) is 21.6. The molecule has 1 amide bonds. The summed E-state index contributed by atoms with van der Waals surface area (Å²) in [6.07, 6.45) is 78.2. The maximum atomic E-state index is 12.5. The maximum absolute atomic E-state index is 12.5. The molecule has 0 spiro atoms. The highest BCUT2D eigenvalue weighted by Crippen LogP contribution is 2.19. The zero-order chi connectivity index (χ0) is 53.6. The summed E-state index contributed by atoms with van der Waals surface area (Å²) >= 11 is 0. The van der Waals surface area contributed by atoms with Crippen molar-refractivity contribution in [2.75, 3.05) is 13.2 Å². The Morgan fingerprint density at radius 3 is 0.959 bits per heavy atom. The van der Waals surface area contributed by atoms with Gasteiger partial charge < -0.3 is 20.3 Å². The third-order valence-electron chi connectivity index (χ3n) is 16.1. The SMILES string of the molecule is CCCCCCCCCCCCCCCCCCC(O)C(CO)NC(=O)CCCCCCCCCCCC/C=C\CCCCCCCCCCCCCCOC(=O)CCCCCCCCCCCCCCCCC. The van der Waals surface area contributed by atoms with Gasteiger partial charge in [-0.3, -0.25) is 9.59 Å². The summed E-state index contributed by atoms with van der Waals surface area (Å²) in [5, 5.41) is 23.3. The average molecular weight is 1040 g/mol. The monoisotopic (exact) mass is 1040 g/mol. The summed E-state index contributed by atoms with van der Waals surface area (Å²) in [7, 11) is 0. The van der Waals surface area contributed by atoms with Crippen molar-refractivity contribution < 1.29 is 24.5 Å². The van der Waals surface area contributed by atoms with Gasteiger partial charge in [-0.2, -0.15) is 0 Å². The first-order valence-electron chi connectivity index (χ1n) is 33.9. The molecule has 0 saturated heterocycles. The number of ether oxygens (including phenoxy) is 1. The quantitative estimate of drug-likeness (QED) is 0.0320. The van der Waals surface area contributed by atoms with Gasteiger partial charge in [-0.05, 0) is 51.4 Å². The van der Waals surface area contributed by atoms with E-state index in [1.54, 1.807) is 0 Å². The van der Waals surface area contributed by atoms with Gasteiger partial charge in [0.1, 0.15) is 0 Å². The van der Waals surface area contributed by atoms with E-state index >= 15 is 0 Å². The van der Waals surface area contributed by atoms with Gasteiger partial charge >= 0.3 is 5.97 Å². The molecular weight excluding hydrogens is 911 g/mol. The van der Waals surface area contributed by atoms with Crippen molar-refractivity contribution in [2.24, 2.45) is 0 Å². The molecule has 3 N–H and O–H groups in total. The van der Waals surface area contributed by atoms with Crippen molar-refractivity contribution in [2.45, 2.75) is 398 Å². The number of carbonyl (C=O) groups excluding carboxylic acids is 2. The normalized spacial score (nSPS) is 12.5. The second-order valence-corrected chi connectivity index (χ2v) is 23.5. The third-order valence-corrected chi connectivity index (χ3v) is 16.1. The van der Waals surface area contributed by atoms with Crippen LogP contribution >= 0.6 is 0 Å². The number of hydrogen-bond donors (Lipinski definition) is 3. The number of amides is 1. The van der Waals surface area contributed by atoms with Crippen LogP contribution in [0.15, 0.2) is 12.2 Å². The minimum atomic E-state index is -0.665. The van der Waals surface area contributed by atoms with Gasteiger partial charge in [0.25, 0.3) is 0 Å². The zero-order valence-corrected chi connectivity index (χ0v) is 50.4. The number of rotatable bonds is 64. The molecule has 440 valence electrons. The Hall–Kier alpha value is -1.40. The van der Waals surface area contributed by atoms with E-state index in [0.717, 1.165) is 38.5 Å². The van der Waals surface area contributed by atoms with Crippen molar-refractivity contribution in [3.8, 4) is 0 Å². The fraction of sp³-hybridized carbons (Fsp3) is 0.941. The number of unbranched alkanes of at least 4 members (excludes halogenated alkanes) is 51. The van der Waals surface area contributed by atoms with E-state index < -0.39 is 12.1 Å². The topological polar surface area (TPSA) is 95.9 Å². The highest BCUT2D eigenvalue weighted by molar-refractivity contribution is 5.76. The Balaban J connectivity index is 3.37. The molecule has 0 saturated carbocycles. The first-order chi connectivity index (χ1) is 36.5. The van der Waals surface area contributed by atoms with Gasteiger partial charge in [-0.25, -0.2) is 0 Å². The molecule has 0 aliphatic carbocycles.